The smallest absolute Gasteiger partial charge is 0.142 e. The lowest BCUT2D eigenvalue weighted by Gasteiger charge is -2.13. The second kappa shape index (κ2) is 5.22. The Morgan fingerprint density at radius 3 is 2.36 bits per heavy atom. The van der Waals surface area contributed by atoms with Gasteiger partial charge in [-0.1, -0.05) is 0 Å². The van der Waals surface area contributed by atoms with E-state index in [1.807, 2.05) is 12.1 Å². The van der Waals surface area contributed by atoms with Crippen LogP contribution in [0, 0.1) is 0 Å². The normalized spacial score (nSPS) is 10.0. The highest BCUT2D eigenvalue weighted by atomic mass is 79.9. The molecule has 0 aliphatic carbocycles. The quantitative estimate of drug-likeness (QED) is 0.833. The fourth-order valence-corrected chi connectivity index (χ4v) is 1.81. The van der Waals surface area contributed by atoms with Crippen molar-refractivity contribution in [1.82, 2.24) is 0 Å². The maximum atomic E-state index is 5.26. The lowest BCUT2D eigenvalue weighted by atomic mass is 10.2. The number of rotatable bonds is 4. The first-order valence-corrected chi connectivity index (χ1v) is 4.92. The molecule has 14 heavy (non-hydrogen) atoms. The highest BCUT2D eigenvalue weighted by Crippen LogP contribution is 2.35. The van der Waals surface area contributed by atoms with Gasteiger partial charge in [-0.3, -0.25) is 0 Å². The molecule has 0 saturated carbocycles. The van der Waals surface area contributed by atoms with Gasteiger partial charge < -0.3 is 14.2 Å². The van der Waals surface area contributed by atoms with Crippen LogP contribution in [0.4, 0.5) is 0 Å². The van der Waals surface area contributed by atoms with E-state index in [0.29, 0.717) is 6.61 Å². The molecule has 0 N–H and O–H groups in total. The molecule has 0 bridgehead atoms. The first kappa shape index (κ1) is 11.3. The highest BCUT2D eigenvalue weighted by molar-refractivity contribution is 9.10. The van der Waals surface area contributed by atoms with Gasteiger partial charge in [-0.2, -0.15) is 0 Å². The van der Waals surface area contributed by atoms with E-state index in [1.54, 1.807) is 21.3 Å². The second-order valence-corrected chi connectivity index (χ2v) is 3.55. The average Bonchev–Trinajstić information content (AvgIpc) is 2.19. The van der Waals surface area contributed by atoms with E-state index < -0.39 is 0 Å². The molecule has 0 unspecified atom stereocenters. The lowest BCUT2D eigenvalue weighted by Crippen LogP contribution is -1.98. The van der Waals surface area contributed by atoms with Gasteiger partial charge in [0.1, 0.15) is 11.5 Å². The molecule has 3 nitrogen and oxygen atoms in total. The third kappa shape index (κ3) is 2.19. The van der Waals surface area contributed by atoms with Gasteiger partial charge in [0.15, 0.2) is 0 Å². The van der Waals surface area contributed by atoms with Crippen molar-refractivity contribution in [2.24, 2.45) is 0 Å². The molecular weight excluding hydrogens is 248 g/mol. The Kier molecular flexibility index (Phi) is 4.22. The summed E-state index contributed by atoms with van der Waals surface area (Å²) in [5.74, 6) is 1.53. The maximum absolute atomic E-state index is 5.26. The molecule has 0 fully saturated rings. The van der Waals surface area contributed by atoms with Gasteiger partial charge in [0.25, 0.3) is 0 Å². The van der Waals surface area contributed by atoms with Crippen molar-refractivity contribution >= 4 is 15.9 Å². The summed E-state index contributed by atoms with van der Waals surface area (Å²) in [4.78, 5) is 0. The zero-order valence-corrected chi connectivity index (χ0v) is 10.1. The average molecular weight is 261 g/mol. The van der Waals surface area contributed by atoms with Crippen LogP contribution in [-0.2, 0) is 11.3 Å². The lowest BCUT2D eigenvalue weighted by molar-refractivity contribution is 0.178. The molecule has 0 aromatic heterocycles. The molecule has 0 amide bonds. The van der Waals surface area contributed by atoms with Crippen LogP contribution >= 0.6 is 15.9 Å². The fraction of sp³-hybridized carbons (Fsp3) is 0.400. The summed E-state index contributed by atoms with van der Waals surface area (Å²) in [5, 5.41) is 0. The fourth-order valence-electron chi connectivity index (χ4n) is 1.27. The molecular formula is C10H13BrO3. The molecule has 0 saturated heterocycles. The van der Waals surface area contributed by atoms with E-state index in [4.69, 9.17) is 14.2 Å². The Bertz CT molecular complexity index is 312. The van der Waals surface area contributed by atoms with Crippen molar-refractivity contribution in [3.05, 3.63) is 22.2 Å². The minimum absolute atomic E-state index is 0.464. The van der Waals surface area contributed by atoms with Crippen LogP contribution in [0.25, 0.3) is 0 Å². The van der Waals surface area contributed by atoms with E-state index in [1.165, 1.54) is 0 Å². The van der Waals surface area contributed by atoms with Crippen molar-refractivity contribution in [3.63, 3.8) is 0 Å². The predicted molar refractivity (Wildman–Crippen MR) is 58.0 cm³/mol. The van der Waals surface area contributed by atoms with Crippen molar-refractivity contribution in [2.75, 3.05) is 21.3 Å². The molecule has 1 aromatic rings. The summed E-state index contributed by atoms with van der Waals surface area (Å²) < 4.78 is 16.5. The molecule has 0 radical (unpaired) electrons. The standard InChI is InChI=1S/C10H13BrO3/c1-12-6-7-9(13-2)5-4-8(11)10(7)14-3/h4-5H,6H2,1-3H3. The van der Waals surface area contributed by atoms with Crippen LogP contribution in [0.15, 0.2) is 16.6 Å². The van der Waals surface area contributed by atoms with Crippen LogP contribution in [0.2, 0.25) is 0 Å². The molecule has 0 heterocycles. The largest absolute Gasteiger partial charge is 0.496 e. The number of hydrogen-bond donors (Lipinski definition) is 0. The summed E-state index contributed by atoms with van der Waals surface area (Å²) in [6.07, 6.45) is 0. The molecule has 78 valence electrons. The van der Waals surface area contributed by atoms with Gasteiger partial charge in [-0.05, 0) is 28.1 Å². The highest BCUT2D eigenvalue weighted by Gasteiger charge is 2.12. The van der Waals surface area contributed by atoms with Crippen molar-refractivity contribution in [1.29, 1.82) is 0 Å². The molecule has 1 aromatic carbocycles. The molecule has 0 spiro atoms. The zero-order chi connectivity index (χ0) is 10.6. The topological polar surface area (TPSA) is 27.7 Å². The van der Waals surface area contributed by atoms with Gasteiger partial charge in [-0.25, -0.2) is 0 Å². The van der Waals surface area contributed by atoms with Gasteiger partial charge in [0.05, 0.1) is 30.9 Å². The van der Waals surface area contributed by atoms with Crippen LogP contribution in [0.1, 0.15) is 5.56 Å². The summed E-state index contributed by atoms with van der Waals surface area (Å²) >= 11 is 3.40. The summed E-state index contributed by atoms with van der Waals surface area (Å²) in [6.45, 7) is 0.464. The van der Waals surface area contributed by atoms with Crippen LogP contribution in [0.3, 0.4) is 0 Å². The zero-order valence-electron chi connectivity index (χ0n) is 8.46. The first-order chi connectivity index (χ1) is 6.74. The van der Waals surface area contributed by atoms with Crippen molar-refractivity contribution in [3.8, 4) is 11.5 Å². The van der Waals surface area contributed by atoms with Crippen LogP contribution < -0.4 is 9.47 Å². The number of benzene rings is 1. The Morgan fingerprint density at radius 1 is 1.14 bits per heavy atom. The molecule has 0 aliphatic heterocycles. The summed E-state index contributed by atoms with van der Waals surface area (Å²) in [6, 6.07) is 3.76. The molecule has 0 atom stereocenters. The van der Waals surface area contributed by atoms with E-state index in [-0.39, 0.29) is 0 Å². The number of hydrogen-bond acceptors (Lipinski definition) is 3. The predicted octanol–water partition coefficient (Wildman–Crippen LogP) is 2.61. The monoisotopic (exact) mass is 260 g/mol. The van der Waals surface area contributed by atoms with Crippen molar-refractivity contribution in [2.45, 2.75) is 6.61 Å². The Balaban J connectivity index is 3.21. The van der Waals surface area contributed by atoms with Gasteiger partial charge >= 0.3 is 0 Å². The molecule has 1 rings (SSSR count). The van der Waals surface area contributed by atoms with Crippen LogP contribution in [-0.4, -0.2) is 21.3 Å². The third-order valence-corrected chi connectivity index (χ3v) is 2.51. The van der Waals surface area contributed by atoms with E-state index in [0.717, 1.165) is 21.5 Å². The Morgan fingerprint density at radius 2 is 1.86 bits per heavy atom. The maximum Gasteiger partial charge on any atom is 0.142 e. The van der Waals surface area contributed by atoms with E-state index >= 15 is 0 Å². The first-order valence-electron chi connectivity index (χ1n) is 4.12. The minimum atomic E-state index is 0.464. The van der Waals surface area contributed by atoms with E-state index in [2.05, 4.69) is 15.9 Å². The number of ether oxygens (including phenoxy) is 3. The minimum Gasteiger partial charge on any atom is -0.496 e. The van der Waals surface area contributed by atoms with E-state index in [9.17, 15) is 0 Å². The number of halogens is 1. The summed E-state index contributed by atoms with van der Waals surface area (Å²) in [7, 11) is 4.89. The molecule has 4 heteroatoms. The van der Waals surface area contributed by atoms with Gasteiger partial charge in [-0.15, -0.1) is 0 Å². The second-order valence-electron chi connectivity index (χ2n) is 2.69. The van der Waals surface area contributed by atoms with Crippen LogP contribution in [0.5, 0.6) is 11.5 Å². The third-order valence-electron chi connectivity index (χ3n) is 1.88. The van der Waals surface area contributed by atoms with Gasteiger partial charge in [0.2, 0.25) is 0 Å². The van der Waals surface area contributed by atoms with Gasteiger partial charge in [0, 0.05) is 7.11 Å². The van der Waals surface area contributed by atoms with Crippen molar-refractivity contribution < 1.29 is 14.2 Å². The number of methoxy groups -OCH3 is 3. The Labute approximate surface area is 92.1 Å². The molecule has 0 aliphatic rings. The summed E-state index contributed by atoms with van der Waals surface area (Å²) in [5.41, 5.74) is 0.909. The Hall–Kier alpha value is -0.740. The SMILES string of the molecule is COCc1c(OC)ccc(Br)c1OC.